The first kappa shape index (κ1) is 36.5. The third-order valence-electron chi connectivity index (χ3n) is 5.54. The number of aromatic hydroxyl groups is 2. The summed E-state index contributed by atoms with van der Waals surface area (Å²) in [4.78, 5) is 4.04. The summed E-state index contributed by atoms with van der Waals surface area (Å²) < 4.78 is 1.97. The summed E-state index contributed by atoms with van der Waals surface area (Å²) in [6.45, 7) is 21.0. The van der Waals surface area contributed by atoms with Gasteiger partial charge >= 0.3 is 59.4 Å². The molecule has 0 bridgehead atoms. The average molecular weight is 568 g/mol. The van der Waals surface area contributed by atoms with E-state index in [0.29, 0.717) is 11.5 Å². The molecule has 198 valence electrons. The summed E-state index contributed by atoms with van der Waals surface area (Å²) in [6.07, 6.45) is 1.79. The van der Waals surface area contributed by atoms with E-state index in [1.807, 2.05) is 80.6 Å². The molecule has 36 heavy (non-hydrogen) atoms. The van der Waals surface area contributed by atoms with Gasteiger partial charge in [0.05, 0.1) is 0 Å². The molecule has 0 unspecified atom stereocenters. The molecule has 0 atom stereocenters. The molecule has 0 fully saturated rings. The van der Waals surface area contributed by atoms with Crippen molar-refractivity contribution in [1.82, 2.24) is 4.98 Å². The molecule has 6 heteroatoms. The Morgan fingerprint density at radius 3 is 1.31 bits per heavy atom. The molecule has 0 radical (unpaired) electrons. The summed E-state index contributed by atoms with van der Waals surface area (Å²) in [6, 6.07) is 13.7. The fraction of sp³-hybridized carbons (Fsp3) is 0.400. The van der Waals surface area contributed by atoms with Crippen molar-refractivity contribution in [2.45, 2.75) is 80.1 Å². The molecule has 0 saturated heterocycles. The van der Waals surface area contributed by atoms with Crippen LogP contribution in [0.1, 0.15) is 80.6 Å². The molecule has 2 N–H and O–H groups in total. The van der Waals surface area contributed by atoms with Crippen LogP contribution in [0.25, 0.3) is 0 Å². The molecule has 1 heterocycles. The van der Waals surface area contributed by atoms with Gasteiger partial charge in [-0.25, -0.2) is 0 Å². The molecule has 0 aliphatic rings. The van der Waals surface area contributed by atoms with Crippen LogP contribution in [0, 0.1) is 27.7 Å². The molecule has 0 spiro atoms. The van der Waals surface area contributed by atoms with Crippen LogP contribution >= 0.6 is 24.8 Å². The van der Waals surface area contributed by atoms with Gasteiger partial charge in [0.1, 0.15) is 11.5 Å². The Labute approximate surface area is 242 Å². The number of phenolic OH excluding ortho intramolecular Hbond substituents is 2. The minimum absolute atomic E-state index is 0. The third-order valence-corrected chi connectivity index (χ3v) is 6.00. The Morgan fingerprint density at radius 1 is 0.667 bits per heavy atom. The Bertz CT molecular complexity index is 1040. The van der Waals surface area contributed by atoms with Gasteiger partial charge in [-0.2, -0.15) is 0 Å². The van der Waals surface area contributed by atoms with Gasteiger partial charge in [-0.15, -0.1) is 24.8 Å². The van der Waals surface area contributed by atoms with Gasteiger partial charge in [0.15, 0.2) is 0 Å². The van der Waals surface area contributed by atoms with Gasteiger partial charge in [-0.1, -0.05) is 53.7 Å². The molecule has 0 saturated carbocycles. The zero-order chi connectivity index (χ0) is 26.3. The summed E-state index contributed by atoms with van der Waals surface area (Å²) in [5.74, 6) is 0.797. The Hall–Kier alpha value is -1.65. The van der Waals surface area contributed by atoms with Crippen LogP contribution in [0.4, 0.5) is 0 Å². The number of hydrogen-bond acceptors (Lipinski definition) is 3. The van der Waals surface area contributed by atoms with Gasteiger partial charge in [0, 0.05) is 0 Å². The fourth-order valence-corrected chi connectivity index (χ4v) is 4.03. The van der Waals surface area contributed by atoms with E-state index in [9.17, 15) is 10.2 Å². The predicted molar refractivity (Wildman–Crippen MR) is 156 cm³/mol. The van der Waals surface area contributed by atoms with E-state index in [0.717, 1.165) is 16.8 Å². The van der Waals surface area contributed by atoms with Crippen molar-refractivity contribution in [2.75, 3.05) is 0 Å². The normalized spacial score (nSPS) is 10.4. The molecule has 3 aromatic rings. The van der Waals surface area contributed by atoms with E-state index < -0.39 is 0 Å². The molecular weight excluding hydrogens is 525 g/mol. The molecule has 2 aromatic carbocycles. The van der Waals surface area contributed by atoms with Crippen molar-refractivity contribution < 1.29 is 30.2 Å². The first-order chi connectivity index (χ1) is 15.6. The van der Waals surface area contributed by atoms with Gasteiger partial charge in [0.25, 0.3) is 0 Å². The zero-order valence-electron chi connectivity index (χ0n) is 23.4. The standard InChI is InChI=1S/2C12H18O.C6H5N.2ClH.Ti/c2*1-8-6-9(2)11(13)7-10(8)12(3,4)5;1-6-4-2-3-5-7-6;;;/h2*6-7,13H,1-5H3;1-5H;2*1H;. The number of pyridine rings is 1. The van der Waals surface area contributed by atoms with Crippen LogP contribution in [0.2, 0.25) is 0 Å². The van der Waals surface area contributed by atoms with E-state index in [2.05, 4.69) is 60.4 Å². The van der Waals surface area contributed by atoms with E-state index in [1.165, 1.54) is 22.3 Å². The number of nitrogens with zero attached hydrogens (tertiary/aromatic N) is 1. The van der Waals surface area contributed by atoms with Gasteiger partial charge in [-0.3, -0.25) is 0 Å². The summed E-state index contributed by atoms with van der Waals surface area (Å²) in [5, 5.41) is 19.2. The number of aromatic nitrogens is 1. The summed E-state index contributed by atoms with van der Waals surface area (Å²) in [7, 11) is 0. The Kier molecular flexibility index (Phi) is 15.8. The second kappa shape index (κ2) is 15.6. The zero-order valence-corrected chi connectivity index (χ0v) is 26.5. The average Bonchev–Trinajstić information content (AvgIpc) is 2.73. The van der Waals surface area contributed by atoms with Crippen molar-refractivity contribution >= 4 is 29.1 Å². The summed E-state index contributed by atoms with van der Waals surface area (Å²) >= 11 is 1.97. The van der Waals surface area contributed by atoms with Gasteiger partial charge < -0.3 is 10.2 Å². The van der Waals surface area contributed by atoms with Crippen LogP contribution in [0.15, 0.2) is 48.7 Å². The number of rotatable bonds is 1. The van der Waals surface area contributed by atoms with Crippen LogP contribution in [-0.2, 0) is 30.8 Å². The molecule has 0 aliphatic heterocycles. The molecule has 3 rings (SSSR count). The van der Waals surface area contributed by atoms with Crippen molar-refractivity contribution in [3.05, 3.63) is 87.7 Å². The second-order valence-electron chi connectivity index (χ2n) is 10.8. The quantitative estimate of drug-likeness (QED) is 0.291. The number of aryl methyl sites for hydroxylation is 4. The van der Waals surface area contributed by atoms with E-state index in [1.54, 1.807) is 6.20 Å². The first-order valence-corrected chi connectivity index (χ1v) is 12.5. The predicted octanol–water partition coefficient (Wildman–Crippen LogP) is 8.24. The Morgan fingerprint density at radius 2 is 1.06 bits per heavy atom. The molecule has 0 amide bonds. The van der Waals surface area contributed by atoms with Crippen molar-refractivity contribution in [3.8, 4) is 11.5 Å². The number of hydrogen-bond donors (Lipinski definition) is 2. The van der Waals surface area contributed by atoms with E-state index in [-0.39, 0.29) is 35.6 Å². The molecular formula is C30H43Cl2NO2Ti. The fourth-order valence-electron chi connectivity index (χ4n) is 3.76. The monoisotopic (exact) mass is 567 g/mol. The van der Waals surface area contributed by atoms with Crippen LogP contribution in [0.3, 0.4) is 0 Å². The second-order valence-corrected chi connectivity index (χ2v) is 11.3. The van der Waals surface area contributed by atoms with Crippen molar-refractivity contribution in [3.63, 3.8) is 0 Å². The SMILES string of the molecule is Cc1cc(C)c(C(C)(C)C)cc1O.Cc1cc(C)c(C(C)(C)C)cc1O.Cl.Cl.[Ti]=[CH]c1ccccn1. The maximum absolute atomic E-state index is 9.59. The van der Waals surface area contributed by atoms with Crippen molar-refractivity contribution in [2.24, 2.45) is 0 Å². The van der Waals surface area contributed by atoms with Gasteiger partial charge in [-0.05, 0) is 84.0 Å². The molecule has 0 aliphatic carbocycles. The van der Waals surface area contributed by atoms with E-state index >= 15 is 0 Å². The van der Waals surface area contributed by atoms with E-state index in [4.69, 9.17) is 0 Å². The number of halogens is 2. The molecule has 3 nitrogen and oxygen atoms in total. The topological polar surface area (TPSA) is 53.4 Å². The van der Waals surface area contributed by atoms with Crippen LogP contribution in [0.5, 0.6) is 11.5 Å². The van der Waals surface area contributed by atoms with Gasteiger partial charge in [0.2, 0.25) is 0 Å². The number of phenols is 2. The third kappa shape index (κ3) is 11.6. The first-order valence-electron chi connectivity index (χ1n) is 11.6. The Balaban J connectivity index is 0. The maximum atomic E-state index is 9.59. The van der Waals surface area contributed by atoms with Crippen molar-refractivity contribution in [1.29, 1.82) is 0 Å². The minimum atomic E-state index is 0. The number of benzene rings is 2. The molecule has 1 aromatic heterocycles. The van der Waals surface area contributed by atoms with Crippen LogP contribution in [-0.4, -0.2) is 19.5 Å². The summed E-state index contributed by atoms with van der Waals surface area (Å²) in [5.41, 5.74) is 8.09. The van der Waals surface area contributed by atoms with Crippen LogP contribution < -0.4 is 0 Å².